The van der Waals surface area contributed by atoms with E-state index in [1.807, 2.05) is 13.8 Å². The highest BCUT2D eigenvalue weighted by molar-refractivity contribution is 5.84. The number of hydrogen-bond donors (Lipinski definition) is 2. The summed E-state index contributed by atoms with van der Waals surface area (Å²) in [6.45, 7) is 10.3. The van der Waals surface area contributed by atoms with Gasteiger partial charge in [-0.15, -0.1) is 0 Å². The number of likely N-dealkylation sites (N-methyl/N-ethyl adjacent to an activating group) is 1. The molecule has 4 heteroatoms. The third kappa shape index (κ3) is 4.25. The number of rotatable bonds is 8. The topological polar surface area (TPSA) is 58.4 Å². The van der Waals surface area contributed by atoms with Crippen molar-refractivity contribution in [3.8, 4) is 0 Å². The molecule has 0 saturated carbocycles. The molecule has 1 rings (SSSR count). The molecular formula is C14H29N3O. The maximum absolute atomic E-state index is 11.5. The maximum atomic E-state index is 11.5. The Morgan fingerprint density at radius 3 is 2.78 bits per heavy atom. The van der Waals surface area contributed by atoms with Crippen molar-refractivity contribution in [1.82, 2.24) is 10.2 Å². The van der Waals surface area contributed by atoms with Crippen molar-refractivity contribution in [3.05, 3.63) is 0 Å². The van der Waals surface area contributed by atoms with Crippen molar-refractivity contribution < 1.29 is 4.79 Å². The number of nitrogens with zero attached hydrogens (tertiary/aromatic N) is 1. The lowest BCUT2D eigenvalue weighted by atomic mass is 9.96. The van der Waals surface area contributed by atoms with Crippen molar-refractivity contribution in [2.75, 3.05) is 26.2 Å². The van der Waals surface area contributed by atoms with E-state index in [-0.39, 0.29) is 5.91 Å². The SMILES string of the molecule is CCCC1CCN(CCC(C)(NCC)C(N)=O)C1. The minimum atomic E-state index is -0.558. The molecule has 106 valence electrons. The first-order chi connectivity index (χ1) is 8.51. The second-order valence-electron chi connectivity index (χ2n) is 5.72. The van der Waals surface area contributed by atoms with Crippen molar-refractivity contribution in [3.63, 3.8) is 0 Å². The Balaban J connectivity index is 2.37. The predicted octanol–water partition coefficient (Wildman–Crippen LogP) is 1.35. The predicted molar refractivity (Wildman–Crippen MR) is 75.3 cm³/mol. The van der Waals surface area contributed by atoms with Crippen molar-refractivity contribution in [2.24, 2.45) is 11.7 Å². The van der Waals surface area contributed by atoms with Crippen LogP contribution in [0, 0.1) is 5.92 Å². The molecule has 2 unspecified atom stereocenters. The van der Waals surface area contributed by atoms with Crippen LogP contribution in [-0.2, 0) is 4.79 Å². The van der Waals surface area contributed by atoms with Gasteiger partial charge < -0.3 is 16.0 Å². The Kier molecular flexibility index (Phi) is 6.09. The first-order valence-corrected chi connectivity index (χ1v) is 7.29. The van der Waals surface area contributed by atoms with Crippen LogP contribution in [0.1, 0.15) is 46.5 Å². The molecule has 1 amide bonds. The van der Waals surface area contributed by atoms with Crippen LogP contribution in [0.4, 0.5) is 0 Å². The molecule has 0 bridgehead atoms. The van der Waals surface area contributed by atoms with E-state index >= 15 is 0 Å². The molecule has 4 nitrogen and oxygen atoms in total. The summed E-state index contributed by atoms with van der Waals surface area (Å²) in [5.74, 6) is 0.614. The molecule has 3 N–H and O–H groups in total. The zero-order valence-corrected chi connectivity index (χ0v) is 12.2. The summed E-state index contributed by atoms with van der Waals surface area (Å²) in [6.07, 6.45) is 4.71. The van der Waals surface area contributed by atoms with Gasteiger partial charge in [0.2, 0.25) is 5.91 Å². The standard InChI is InChI=1S/C14H29N3O/c1-4-6-12-7-9-17(11-12)10-8-14(3,13(15)18)16-5-2/h12,16H,4-11H2,1-3H3,(H2,15,18). The molecule has 0 aliphatic carbocycles. The van der Waals surface area contributed by atoms with E-state index in [1.54, 1.807) is 0 Å². The number of nitrogens with one attached hydrogen (secondary N) is 1. The van der Waals surface area contributed by atoms with E-state index in [2.05, 4.69) is 17.1 Å². The van der Waals surface area contributed by atoms with Gasteiger partial charge in [0.05, 0.1) is 5.54 Å². The fraction of sp³-hybridized carbons (Fsp3) is 0.929. The fourth-order valence-electron chi connectivity index (χ4n) is 2.83. The minimum absolute atomic E-state index is 0.242. The summed E-state index contributed by atoms with van der Waals surface area (Å²) in [4.78, 5) is 14.0. The Hall–Kier alpha value is -0.610. The molecular weight excluding hydrogens is 226 g/mol. The third-order valence-electron chi connectivity index (χ3n) is 4.11. The number of likely N-dealkylation sites (tertiary alicyclic amines) is 1. The molecule has 0 aromatic rings. The highest BCUT2D eigenvalue weighted by atomic mass is 16.1. The molecule has 1 heterocycles. The fourth-order valence-corrected chi connectivity index (χ4v) is 2.83. The molecule has 0 spiro atoms. The molecule has 2 atom stereocenters. The van der Waals surface area contributed by atoms with Crippen LogP contribution in [0.5, 0.6) is 0 Å². The summed E-state index contributed by atoms with van der Waals surface area (Å²) >= 11 is 0. The zero-order chi connectivity index (χ0) is 13.6. The van der Waals surface area contributed by atoms with Gasteiger partial charge in [0, 0.05) is 13.1 Å². The summed E-state index contributed by atoms with van der Waals surface area (Å²) < 4.78 is 0. The zero-order valence-electron chi connectivity index (χ0n) is 12.2. The Morgan fingerprint density at radius 1 is 1.50 bits per heavy atom. The number of carbonyl (C=O) groups is 1. The quantitative estimate of drug-likeness (QED) is 0.688. The van der Waals surface area contributed by atoms with Gasteiger partial charge in [-0.3, -0.25) is 4.79 Å². The van der Waals surface area contributed by atoms with E-state index in [0.29, 0.717) is 0 Å². The lowest BCUT2D eigenvalue weighted by molar-refractivity contribution is -0.124. The van der Waals surface area contributed by atoms with Crippen LogP contribution in [-0.4, -0.2) is 42.5 Å². The van der Waals surface area contributed by atoms with Gasteiger partial charge in [-0.1, -0.05) is 20.3 Å². The van der Waals surface area contributed by atoms with Gasteiger partial charge in [0.15, 0.2) is 0 Å². The molecule has 1 fully saturated rings. The van der Waals surface area contributed by atoms with Crippen LogP contribution in [0.3, 0.4) is 0 Å². The molecule has 1 aliphatic rings. The normalized spacial score (nSPS) is 24.1. The Morgan fingerprint density at radius 2 is 2.22 bits per heavy atom. The van der Waals surface area contributed by atoms with Crippen molar-refractivity contribution in [2.45, 2.75) is 52.0 Å². The first kappa shape index (κ1) is 15.4. The lowest BCUT2D eigenvalue weighted by Gasteiger charge is -2.29. The smallest absolute Gasteiger partial charge is 0.237 e. The van der Waals surface area contributed by atoms with Gasteiger partial charge >= 0.3 is 0 Å². The minimum Gasteiger partial charge on any atom is -0.368 e. The summed E-state index contributed by atoms with van der Waals surface area (Å²) in [6, 6.07) is 0. The second-order valence-corrected chi connectivity index (χ2v) is 5.72. The summed E-state index contributed by atoms with van der Waals surface area (Å²) in [5.41, 5.74) is 4.94. The second kappa shape index (κ2) is 7.10. The van der Waals surface area contributed by atoms with Crippen LogP contribution < -0.4 is 11.1 Å². The van der Waals surface area contributed by atoms with Crippen LogP contribution in [0.25, 0.3) is 0 Å². The molecule has 1 saturated heterocycles. The average molecular weight is 255 g/mol. The van der Waals surface area contributed by atoms with Crippen LogP contribution in [0.15, 0.2) is 0 Å². The summed E-state index contributed by atoms with van der Waals surface area (Å²) in [7, 11) is 0. The van der Waals surface area contributed by atoms with E-state index in [1.165, 1.54) is 32.4 Å². The van der Waals surface area contributed by atoms with E-state index in [9.17, 15) is 4.79 Å². The van der Waals surface area contributed by atoms with E-state index in [4.69, 9.17) is 5.73 Å². The average Bonchev–Trinajstić information content (AvgIpc) is 2.75. The first-order valence-electron chi connectivity index (χ1n) is 7.29. The monoisotopic (exact) mass is 255 g/mol. The highest BCUT2D eigenvalue weighted by Crippen LogP contribution is 2.22. The number of nitrogens with two attached hydrogens (primary N) is 1. The van der Waals surface area contributed by atoms with Crippen LogP contribution >= 0.6 is 0 Å². The molecule has 0 radical (unpaired) electrons. The van der Waals surface area contributed by atoms with Crippen molar-refractivity contribution >= 4 is 5.91 Å². The van der Waals surface area contributed by atoms with Gasteiger partial charge in [0.1, 0.15) is 0 Å². The number of primary amides is 1. The van der Waals surface area contributed by atoms with Crippen molar-refractivity contribution in [1.29, 1.82) is 0 Å². The highest BCUT2D eigenvalue weighted by Gasteiger charge is 2.31. The lowest BCUT2D eigenvalue weighted by Crippen LogP contribution is -2.54. The number of hydrogen-bond acceptors (Lipinski definition) is 3. The number of amides is 1. The molecule has 1 aliphatic heterocycles. The largest absolute Gasteiger partial charge is 0.368 e. The van der Waals surface area contributed by atoms with Gasteiger partial charge in [-0.05, 0) is 45.2 Å². The van der Waals surface area contributed by atoms with E-state index < -0.39 is 5.54 Å². The Labute approximate surface area is 111 Å². The number of carbonyl (C=O) groups excluding carboxylic acids is 1. The molecule has 0 aromatic heterocycles. The van der Waals surface area contributed by atoms with E-state index in [0.717, 1.165) is 25.4 Å². The van der Waals surface area contributed by atoms with Crippen LogP contribution in [0.2, 0.25) is 0 Å². The summed E-state index contributed by atoms with van der Waals surface area (Å²) in [5, 5.41) is 3.22. The third-order valence-corrected chi connectivity index (χ3v) is 4.11. The maximum Gasteiger partial charge on any atom is 0.237 e. The van der Waals surface area contributed by atoms with Gasteiger partial charge in [-0.25, -0.2) is 0 Å². The molecule has 18 heavy (non-hydrogen) atoms. The molecule has 0 aromatic carbocycles. The van der Waals surface area contributed by atoms with Gasteiger partial charge in [-0.2, -0.15) is 0 Å². The Bertz CT molecular complexity index is 270. The van der Waals surface area contributed by atoms with Gasteiger partial charge in [0.25, 0.3) is 0 Å².